The Hall–Kier alpha value is 2.70. The van der Waals surface area contributed by atoms with E-state index in [0.29, 0.717) is 0 Å². The van der Waals surface area contributed by atoms with Crippen molar-refractivity contribution in [2.75, 3.05) is 0 Å². The molecule has 0 saturated carbocycles. The zero-order valence-electron chi connectivity index (χ0n) is 1.32. The van der Waals surface area contributed by atoms with E-state index in [0.717, 1.165) is 0 Å². The van der Waals surface area contributed by atoms with E-state index in [1.165, 1.54) is 0 Å². The maximum absolute atomic E-state index is 0. The fourth-order valence-electron chi connectivity index (χ4n) is 0. The molecule has 0 aromatic rings. The molecule has 0 heterocycles. The third-order valence-electron chi connectivity index (χ3n) is 0. The van der Waals surface area contributed by atoms with E-state index < -0.39 is 0 Å². The van der Waals surface area contributed by atoms with Crippen molar-refractivity contribution in [1.82, 2.24) is 0 Å². The van der Waals surface area contributed by atoms with Crippen molar-refractivity contribution in [3.63, 3.8) is 0 Å². The Morgan fingerprint density at radius 1 is 0.750 bits per heavy atom. The number of halogens is 2. The van der Waals surface area contributed by atoms with Crippen molar-refractivity contribution in [2.24, 2.45) is 0 Å². The average molecular weight is 243 g/mol. The maximum atomic E-state index is 0. The minimum absolute atomic E-state index is 0. The predicted molar refractivity (Wildman–Crippen MR) is 23.0 cm³/mol. The van der Waals surface area contributed by atoms with Crippen LogP contribution in [-0.2, 0) is 0 Å². The minimum atomic E-state index is 0. The van der Waals surface area contributed by atoms with E-state index >= 15 is 0 Å². The van der Waals surface area contributed by atoms with Gasteiger partial charge in [-0.05, 0) is 0 Å². The van der Waals surface area contributed by atoms with Gasteiger partial charge in [-0.3, -0.25) is 0 Å². The Morgan fingerprint density at radius 2 is 0.750 bits per heavy atom. The smallest absolute Gasteiger partial charge is 0.147 e. The monoisotopic (exact) mass is 240 g/mol. The van der Waals surface area contributed by atoms with Crippen molar-refractivity contribution < 1.29 is 40.8 Å². The van der Waals surface area contributed by atoms with Gasteiger partial charge in [0.15, 0.2) is 0 Å². The molecule has 0 aliphatic rings. The third kappa shape index (κ3) is 8.83. The summed E-state index contributed by atoms with van der Waals surface area (Å²) in [5, 5.41) is 0. The van der Waals surface area contributed by atoms with Crippen LogP contribution in [0.4, 0.5) is 0 Å². The van der Waals surface area contributed by atoms with Crippen LogP contribution >= 0.6 is 24.8 Å². The molecule has 0 aromatic carbocycles. The Balaban J connectivity index is 0. The van der Waals surface area contributed by atoms with E-state index in [4.69, 9.17) is 0 Å². The molecule has 0 N–H and O–H groups in total. The molecule has 0 rings (SSSR count). The van der Waals surface area contributed by atoms with Crippen LogP contribution in [0.25, 0.3) is 0 Å². The van der Waals surface area contributed by atoms with E-state index in [1.54, 1.807) is 0 Å². The first kappa shape index (κ1) is 29.9. The van der Waals surface area contributed by atoms with Crippen LogP contribution in [-0.4, -0.2) is 23.1 Å². The second-order valence-corrected chi connectivity index (χ2v) is 0. The molecule has 4 heteroatoms. The summed E-state index contributed by atoms with van der Waals surface area (Å²) in [5.41, 5.74) is 0. The Bertz CT molecular complexity index is 6.00. The molecule has 0 unspecified atom stereocenters. The molecule has 24 valence electrons. The molecule has 0 saturated heterocycles. The van der Waals surface area contributed by atoms with Gasteiger partial charge in [0.2, 0.25) is 0 Å². The topological polar surface area (TPSA) is 0 Å². The maximum Gasteiger partial charge on any atom is 0.316 e. The number of hydrogen-bond donors (Lipinski definition) is 0. The average Bonchev–Trinajstić information content (AvgIpc) is 0. The molecule has 0 radical (unpaired) electrons. The molecule has 0 nitrogen and oxygen atoms in total. The largest absolute Gasteiger partial charge is 0.316 e. The summed E-state index contributed by atoms with van der Waals surface area (Å²) in [6.07, 6.45) is 0. The predicted octanol–water partition coefficient (Wildman–Crippen LogP) is -0.0726. The first-order valence-corrected chi connectivity index (χ1v) is 0. The van der Waals surface area contributed by atoms with Gasteiger partial charge in [0.05, 0.1) is 0 Å². The third-order valence-corrected chi connectivity index (χ3v) is 0. The fraction of sp³-hybridized carbons (Fsp3) is 0. The Kier molecular flexibility index (Phi) is 129. The number of rotatable bonds is 0. The normalized spacial score (nSPS) is 0. The number of hydrogen-bond acceptors (Lipinski definition) is 0. The zero-order chi connectivity index (χ0) is 0. The standard InChI is InChI=1S/2ClH.Mg.Nd.2H/h2*1H;;;;. The van der Waals surface area contributed by atoms with E-state index in [9.17, 15) is 0 Å². The Morgan fingerprint density at radius 3 is 0.750 bits per heavy atom. The van der Waals surface area contributed by atoms with Gasteiger partial charge in [0.25, 0.3) is 0 Å². The van der Waals surface area contributed by atoms with Crippen LogP contribution in [0.15, 0.2) is 0 Å². The summed E-state index contributed by atoms with van der Waals surface area (Å²) < 4.78 is 0. The Labute approximate surface area is 87.0 Å². The molecule has 4 heavy (non-hydrogen) atoms. The molecule has 0 bridgehead atoms. The van der Waals surface area contributed by atoms with Crippen LogP contribution < -0.4 is 0 Å². The molecular formula is H4Cl2MgNd. The quantitative estimate of drug-likeness (QED) is 0.523. The molecule has 0 aliphatic heterocycles. The first-order valence-electron chi connectivity index (χ1n) is 0. The van der Waals surface area contributed by atoms with Crippen LogP contribution in [0.2, 0.25) is 0 Å². The van der Waals surface area contributed by atoms with Gasteiger partial charge >= 0.3 is 23.1 Å². The summed E-state index contributed by atoms with van der Waals surface area (Å²) in [5.74, 6) is 0. The molecule has 0 fully saturated rings. The summed E-state index contributed by atoms with van der Waals surface area (Å²) in [4.78, 5) is 0. The molecule has 0 spiro atoms. The van der Waals surface area contributed by atoms with Crippen LogP contribution in [0.1, 0.15) is 0 Å². The second-order valence-electron chi connectivity index (χ2n) is 0. The van der Waals surface area contributed by atoms with Crippen molar-refractivity contribution in [3.05, 3.63) is 0 Å². The van der Waals surface area contributed by atoms with Gasteiger partial charge in [-0.1, -0.05) is 0 Å². The molecular weight excluding hydrogens is 239 g/mol. The van der Waals surface area contributed by atoms with Crippen LogP contribution in [0, 0.1) is 40.8 Å². The molecule has 0 amide bonds. The van der Waals surface area contributed by atoms with Crippen LogP contribution in [0.3, 0.4) is 0 Å². The van der Waals surface area contributed by atoms with Gasteiger partial charge in [-0.2, -0.15) is 0 Å². The fourth-order valence-corrected chi connectivity index (χ4v) is 0. The van der Waals surface area contributed by atoms with Crippen molar-refractivity contribution in [2.45, 2.75) is 0 Å². The van der Waals surface area contributed by atoms with Crippen LogP contribution in [0.5, 0.6) is 0 Å². The van der Waals surface area contributed by atoms with Gasteiger partial charge in [-0.15, -0.1) is 24.8 Å². The van der Waals surface area contributed by atoms with E-state index in [1.807, 2.05) is 0 Å². The SMILES string of the molecule is Cl.Cl.[MgH2].[Nd]. The van der Waals surface area contributed by atoms with Gasteiger partial charge in [0, 0.05) is 40.8 Å². The summed E-state index contributed by atoms with van der Waals surface area (Å²) in [6, 6.07) is 0. The van der Waals surface area contributed by atoms with Crippen molar-refractivity contribution in [1.29, 1.82) is 0 Å². The molecule has 0 atom stereocenters. The van der Waals surface area contributed by atoms with E-state index in [-0.39, 0.29) is 88.7 Å². The summed E-state index contributed by atoms with van der Waals surface area (Å²) >= 11 is 0. The van der Waals surface area contributed by atoms with E-state index in [2.05, 4.69) is 0 Å². The second kappa shape index (κ2) is 17.3. The molecule has 0 aromatic heterocycles. The molecule has 0 aliphatic carbocycles. The summed E-state index contributed by atoms with van der Waals surface area (Å²) in [6.45, 7) is 0. The minimum Gasteiger partial charge on any atom is -0.147 e. The van der Waals surface area contributed by atoms with Gasteiger partial charge < -0.3 is 0 Å². The zero-order valence-corrected chi connectivity index (χ0v) is 6.16. The van der Waals surface area contributed by atoms with Crippen molar-refractivity contribution in [3.8, 4) is 0 Å². The van der Waals surface area contributed by atoms with Gasteiger partial charge in [0.1, 0.15) is 0 Å². The van der Waals surface area contributed by atoms with Gasteiger partial charge in [-0.25, -0.2) is 0 Å². The van der Waals surface area contributed by atoms with Crippen molar-refractivity contribution >= 4 is 47.9 Å². The summed E-state index contributed by atoms with van der Waals surface area (Å²) in [7, 11) is 0. The first-order chi connectivity index (χ1) is 0.